The van der Waals surface area contributed by atoms with Gasteiger partial charge in [-0.15, -0.1) is 0 Å². The van der Waals surface area contributed by atoms with Crippen LogP contribution in [0.4, 0.5) is 0 Å². The molecule has 226 valence electrons. The Morgan fingerprint density at radius 2 is 1.04 bits per heavy atom. The lowest BCUT2D eigenvalue weighted by atomic mass is 9.94. The fourth-order valence-electron chi connectivity index (χ4n) is 7.10. The van der Waals surface area contributed by atoms with E-state index in [-0.39, 0.29) is 0 Å². The molecule has 9 aromatic rings. The van der Waals surface area contributed by atoms with Crippen LogP contribution in [0.25, 0.3) is 65.8 Å². The molecule has 1 atom stereocenters. The van der Waals surface area contributed by atoms with E-state index in [9.17, 15) is 0 Å². The highest BCUT2D eigenvalue weighted by molar-refractivity contribution is 6.20. The summed E-state index contributed by atoms with van der Waals surface area (Å²) < 4.78 is 12.6. The third-order valence-electron chi connectivity index (χ3n) is 9.36. The van der Waals surface area contributed by atoms with E-state index in [0.717, 1.165) is 83.4 Å². The molecule has 0 radical (unpaired) electrons. The second-order valence-corrected chi connectivity index (χ2v) is 12.2. The lowest BCUT2D eigenvalue weighted by Crippen LogP contribution is -2.36. The smallest absolute Gasteiger partial charge is 0.173 e. The minimum Gasteiger partial charge on any atom is -0.456 e. The highest BCUT2D eigenvalue weighted by atomic mass is 16.3. The third kappa shape index (κ3) is 4.18. The molecule has 0 fully saturated rings. The predicted octanol–water partition coefficient (Wildman–Crippen LogP) is 10.8. The number of nitrogens with one attached hydrogen (secondary N) is 1. The number of para-hydroxylation sites is 3. The van der Waals surface area contributed by atoms with Crippen LogP contribution in [0.15, 0.2) is 170 Å². The molecule has 2 aromatic heterocycles. The molecule has 0 saturated heterocycles. The Hall–Kier alpha value is -6.46. The maximum atomic E-state index is 6.48. The van der Waals surface area contributed by atoms with E-state index in [1.165, 1.54) is 10.8 Å². The molecule has 5 nitrogen and oxygen atoms in total. The monoisotopic (exact) mass is 617 g/mol. The van der Waals surface area contributed by atoms with E-state index in [1.807, 2.05) is 42.5 Å². The quantitative estimate of drug-likeness (QED) is 0.214. The number of fused-ring (bicyclic) bond motifs is 7. The Morgan fingerprint density at radius 1 is 0.438 bits per heavy atom. The molecular formula is C43H27N3O2. The van der Waals surface area contributed by atoms with E-state index in [2.05, 4.69) is 115 Å². The fourth-order valence-corrected chi connectivity index (χ4v) is 7.10. The minimum absolute atomic E-state index is 0.544. The van der Waals surface area contributed by atoms with Gasteiger partial charge in [-0.25, -0.2) is 9.98 Å². The lowest BCUT2D eigenvalue weighted by Gasteiger charge is -2.24. The van der Waals surface area contributed by atoms with Gasteiger partial charge >= 0.3 is 0 Å². The van der Waals surface area contributed by atoms with Crippen LogP contribution in [0, 0.1) is 0 Å². The van der Waals surface area contributed by atoms with Gasteiger partial charge < -0.3 is 14.2 Å². The fraction of sp³-hybridized carbons (Fsp3) is 0.0233. The predicted molar refractivity (Wildman–Crippen MR) is 196 cm³/mol. The number of furan rings is 2. The second kappa shape index (κ2) is 10.5. The first-order valence-electron chi connectivity index (χ1n) is 16.1. The maximum absolute atomic E-state index is 6.48. The van der Waals surface area contributed by atoms with Crippen molar-refractivity contribution in [1.82, 2.24) is 5.32 Å². The average Bonchev–Trinajstić information content (AvgIpc) is 3.72. The third-order valence-corrected chi connectivity index (χ3v) is 9.36. The van der Waals surface area contributed by atoms with E-state index in [1.54, 1.807) is 0 Å². The van der Waals surface area contributed by atoms with Crippen LogP contribution in [0.5, 0.6) is 0 Å². The molecule has 1 unspecified atom stereocenters. The van der Waals surface area contributed by atoms with Crippen LogP contribution < -0.4 is 5.32 Å². The van der Waals surface area contributed by atoms with Crippen molar-refractivity contribution in [3.63, 3.8) is 0 Å². The normalized spacial score (nSPS) is 14.9. The molecule has 10 rings (SSSR count). The van der Waals surface area contributed by atoms with E-state index in [0.29, 0.717) is 0 Å². The van der Waals surface area contributed by atoms with Crippen LogP contribution >= 0.6 is 0 Å². The highest BCUT2D eigenvalue weighted by Gasteiger charge is 2.26. The first-order valence-corrected chi connectivity index (χ1v) is 16.1. The van der Waals surface area contributed by atoms with Crippen LogP contribution in [0.1, 0.15) is 22.9 Å². The Morgan fingerprint density at radius 3 is 1.92 bits per heavy atom. The van der Waals surface area contributed by atoms with Crippen molar-refractivity contribution in [2.24, 2.45) is 9.98 Å². The molecule has 0 aliphatic carbocycles. The summed E-state index contributed by atoms with van der Waals surface area (Å²) in [6.07, 6.45) is -0.544. The highest BCUT2D eigenvalue weighted by Crippen LogP contribution is 2.38. The lowest BCUT2D eigenvalue weighted by molar-refractivity contribution is 0.649. The molecule has 0 amide bonds. The van der Waals surface area contributed by atoms with Gasteiger partial charge in [-0.1, -0.05) is 121 Å². The number of benzene rings is 7. The molecule has 1 aliphatic heterocycles. The topological polar surface area (TPSA) is 63.0 Å². The van der Waals surface area contributed by atoms with Crippen LogP contribution in [0.2, 0.25) is 0 Å². The van der Waals surface area contributed by atoms with Crippen LogP contribution in [0.3, 0.4) is 0 Å². The molecule has 0 saturated carbocycles. The summed E-state index contributed by atoms with van der Waals surface area (Å²) in [4.78, 5) is 10.6. The summed E-state index contributed by atoms with van der Waals surface area (Å²) in [7, 11) is 0. The molecule has 1 N–H and O–H groups in total. The minimum atomic E-state index is -0.544. The van der Waals surface area contributed by atoms with Gasteiger partial charge in [-0.3, -0.25) is 0 Å². The Kier molecular flexibility index (Phi) is 5.87. The van der Waals surface area contributed by atoms with Gasteiger partial charge in [0.15, 0.2) is 6.17 Å². The number of amidine groups is 2. The summed E-state index contributed by atoms with van der Waals surface area (Å²) in [5, 5.41) is 10.3. The Labute approximate surface area is 275 Å². The standard InChI is InChI=1S/C43H27N3O2/c1-2-13-28-26(11-1)12-9-18-29(28)30-14-3-4-17-34(30)42-44-41(27-23-24-39-36(25-27)32-16-6-7-21-37(32)47-39)45-43(46-42)35-20-10-19-33-31-15-5-8-22-38(31)48-40(33)35/h1-25,43H,(H,44,45,46). The summed E-state index contributed by atoms with van der Waals surface area (Å²) in [5.41, 5.74) is 8.47. The van der Waals surface area contributed by atoms with Gasteiger partial charge in [0.2, 0.25) is 0 Å². The van der Waals surface area contributed by atoms with E-state index in [4.69, 9.17) is 18.8 Å². The Balaban J connectivity index is 1.19. The van der Waals surface area contributed by atoms with Crippen LogP contribution in [-0.4, -0.2) is 11.7 Å². The summed E-state index contributed by atoms with van der Waals surface area (Å²) >= 11 is 0. The van der Waals surface area contributed by atoms with Gasteiger partial charge in [0.1, 0.15) is 34.0 Å². The van der Waals surface area contributed by atoms with Gasteiger partial charge in [-0.2, -0.15) is 0 Å². The number of nitrogens with zero attached hydrogens (tertiary/aromatic N) is 2. The summed E-state index contributed by atoms with van der Waals surface area (Å²) in [6, 6.07) is 52.2. The maximum Gasteiger partial charge on any atom is 0.173 e. The summed E-state index contributed by atoms with van der Waals surface area (Å²) in [5.74, 6) is 1.48. The molecule has 3 heterocycles. The SMILES string of the molecule is c1ccc(-c2cccc3ccccc23)c(C2=NC(c3cccc4c3oc3ccccc34)N=C(c3ccc4oc5ccccc5c4c3)N2)c1. The molecular weight excluding hydrogens is 590 g/mol. The van der Waals surface area contributed by atoms with Gasteiger partial charge in [-0.05, 0) is 52.2 Å². The van der Waals surface area contributed by atoms with Gasteiger partial charge in [0.25, 0.3) is 0 Å². The van der Waals surface area contributed by atoms with Gasteiger partial charge in [0.05, 0.1) is 0 Å². The van der Waals surface area contributed by atoms with Crippen molar-refractivity contribution in [3.05, 3.63) is 168 Å². The van der Waals surface area contributed by atoms with Crippen molar-refractivity contribution in [2.75, 3.05) is 0 Å². The van der Waals surface area contributed by atoms with Crippen molar-refractivity contribution >= 4 is 66.3 Å². The molecule has 7 aromatic carbocycles. The zero-order valence-electron chi connectivity index (χ0n) is 25.7. The second-order valence-electron chi connectivity index (χ2n) is 12.2. The molecule has 5 heteroatoms. The largest absolute Gasteiger partial charge is 0.456 e. The first kappa shape index (κ1) is 26.7. The number of rotatable bonds is 4. The van der Waals surface area contributed by atoms with E-state index < -0.39 is 6.17 Å². The average molecular weight is 618 g/mol. The molecule has 0 bridgehead atoms. The van der Waals surface area contributed by atoms with Crippen molar-refractivity contribution < 1.29 is 8.83 Å². The summed E-state index contributed by atoms with van der Waals surface area (Å²) in [6.45, 7) is 0. The van der Waals surface area contributed by atoms with Crippen LogP contribution in [-0.2, 0) is 0 Å². The number of aliphatic imine (C=N–C) groups is 2. The zero-order valence-corrected chi connectivity index (χ0v) is 25.7. The molecule has 0 spiro atoms. The van der Waals surface area contributed by atoms with Crippen molar-refractivity contribution in [1.29, 1.82) is 0 Å². The van der Waals surface area contributed by atoms with E-state index >= 15 is 0 Å². The first-order chi connectivity index (χ1) is 23.8. The number of hydrogen-bond acceptors (Lipinski definition) is 5. The molecule has 48 heavy (non-hydrogen) atoms. The zero-order chi connectivity index (χ0) is 31.6. The van der Waals surface area contributed by atoms with Crippen molar-refractivity contribution in [3.8, 4) is 11.1 Å². The number of hydrogen-bond donors (Lipinski definition) is 1. The van der Waals surface area contributed by atoms with Crippen molar-refractivity contribution in [2.45, 2.75) is 6.17 Å². The Bertz CT molecular complexity index is 2780. The molecule has 1 aliphatic rings. The van der Waals surface area contributed by atoms with Gasteiger partial charge in [0, 0.05) is 38.2 Å².